The highest BCUT2D eigenvalue weighted by Gasteiger charge is 2.32. The first-order valence-electron chi connectivity index (χ1n) is 9.79. The standard InChI is InChI=1S/C21H33N3O/c1-17(25)23-14-11-20(12-15-23)24-13-5-4-6-21(24)19-9-7-18(8-10-19)16-22(2)3/h7-10,20-21H,4-6,11-16H2,1-3H3. The maximum atomic E-state index is 11.6. The van der Waals surface area contributed by atoms with Crippen molar-refractivity contribution < 1.29 is 4.79 Å². The summed E-state index contributed by atoms with van der Waals surface area (Å²) in [5.41, 5.74) is 2.85. The van der Waals surface area contributed by atoms with Gasteiger partial charge in [0.1, 0.15) is 0 Å². The molecule has 1 aromatic carbocycles. The number of amides is 1. The SMILES string of the molecule is CC(=O)N1CCC(N2CCCCC2c2ccc(CN(C)C)cc2)CC1. The van der Waals surface area contributed by atoms with Crippen molar-refractivity contribution in [1.29, 1.82) is 0 Å². The zero-order chi connectivity index (χ0) is 17.8. The van der Waals surface area contributed by atoms with E-state index in [1.54, 1.807) is 6.92 Å². The molecular formula is C21H33N3O. The molecule has 0 aliphatic carbocycles. The van der Waals surface area contributed by atoms with E-state index < -0.39 is 0 Å². The average molecular weight is 344 g/mol. The summed E-state index contributed by atoms with van der Waals surface area (Å²) >= 11 is 0. The molecule has 0 bridgehead atoms. The van der Waals surface area contributed by atoms with Gasteiger partial charge in [0.25, 0.3) is 0 Å². The number of carbonyl (C=O) groups is 1. The van der Waals surface area contributed by atoms with Crippen LogP contribution in [0.3, 0.4) is 0 Å². The predicted octanol–water partition coefficient (Wildman–Crippen LogP) is 3.29. The Morgan fingerprint density at radius 3 is 2.32 bits per heavy atom. The van der Waals surface area contributed by atoms with Crippen LogP contribution in [0.15, 0.2) is 24.3 Å². The minimum atomic E-state index is 0.227. The molecule has 0 saturated carbocycles. The number of carbonyl (C=O) groups excluding carboxylic acids is 1. The molecule has 4 heteroatoms. The van der Waals surface area contributed by atoms with Crippen LogP contribution in [-0.2, 0) is 11.3 Å². The number of rotatable bonds is 4. The molecule has 25 heavy (non-hydrogen) atoms. The van der Waals surface area contributed by atoms with Crippen molar-refractivity contribution >= 4 is 5.91 Å². The average Bonchev–Trinajstić information content (AvgIpc) is 2.62. The number of hydrogen-bond donors (Lipinski definition) is 0. The molecule has 4 nitrogen and oxygen atoms in total. The summed E-state index contributed by atoms with van der Waals surface area (Å²) in [7, 11) is 4.23. The second kappa shape index (κ2) is 8.33. The lowest BCUT2D eigenvalue weighted by Gasteiger charge is -2.44. The smallest absolute Gasteiger partial charge is 0.219 e. The Bertz CT molecular complexity index is 561. The minimum absolute atomic E-state index is 0.227. The van der Waals surface area contributed by atoms with Crippen LogP contribution in [0.5, 0.6) is 0 Å². The molecule has 0 N–H and O–H groups in total. The van der Waals surface area contributed by atoms with Crippen molar-refractivity contribution in [2.24, 2.45) is 0 Å². The highest BCUT2D eigenvalue weighted by Crippen LogP contribution is 2.35. The van der Waals surface area contributed by atoms with Crippen LogP contribution < -0.4 is 0 Å². The summed E-state index contributed by atoms with van der Waals surface area (Å²) in [5.74, 6) is 0.227. The molecule has 138 valence electrons. The summed E-state index contributed by atoms with van der Waals surface area (Å²) in [5, 5.41) is 0. The Balaban J connectivity index is 1.68. The van der Waals surface area contributed by atoms with Crippen LogP contribution in [0.2, 0.25) is 0 Å². The van der Waals surface area contributed by atoms with Crippen LogP contribution in [0, 0.1) is 0 Å². The summed E-state index contributed by atoms with van der Waals surface area (Å²) in [6, 6.07) is 10.4. The van der Waals surface area contributed by atoms with Crippen molar-refractivity contribution in [2.45, 2.75) is 57.7 Å². The van der Waals surface area contributed by atoms with Gasteiger partial charge in [-0.05, 0) is 57.5 Å². The molecule has 1 unspecified atom stereocenters. The van der Waals surface area contributed by atoms with E-state index in [4.69, 9.17) is 0 Å². The third-order valence-corrected chi connectivity index (χ3v) is 5.79. The Labute approximate surface area is 152 Å². The van der Waals surface area contributed by atoms with E-state index in [1.807, 2.05) is 4.90 Å². The fourth-order valence-electron chi connectivity index (χ4n) is 4.47. The largest absolute Gasteiger partial charge is 0.343 e. The maximum Gasteiger partial charge on any atom is 0.219 e. The molecule has 0 radical (unpaired) electrons. The van der Waals surface area contributed by atoms with Crippen LogP contribution >= 0.6 is 0 Å². The monoisotopic (exact) mass is 343 g/mol. The number of nitrogens with zero attached hydrogens (tertiary/aromatic N) is 3. The highest BCUT2D eigenvalue weighted by atomic mass is 16.2. The molecule has 2 aliphatic rings. The van der Waals surface area contributed by atoms with Crippen LogP contribution in [0.1, 0.15) is 56.2 Å². The molecular weight excluding hydrogens is 310 g/mol. The van der Waals surface area contributed by atoms with E-state index in [1.165, 1.54) is 36.9 Å². The Hall–Kier alpha value is -1.39. The molecule has 2 fully saturated rings. The summed E-state index contributed by atoms with van der Waals surface area (Å²) in [4.78, 5) is 18.5. The summed E-state index contributed by atoms with van der Waals surface area (Å²) < 4.78 is 0. The lowest BCUT2D eigenvalue weighted by atomic mass is 9.90. The molecule has 1 amide bonds. The zero-order valence-electron chi connectivity index (χ0n) is 16.1. The van der Waals surface area contributed by atoms with E-state index in [9.17, 15) is 4.79 Å². The van der Waals surface area contributed by atoms with Gasteiger partial charge in [-0.1, -0.05) is 30.7 Å². The molecule has 2 aliphatic heterocycles. The topological polar surface area (TPSA) is 26.8 Å². The molecule has 2 heterocycles. The van der Waals surface area contributed by atoms with E-state index in [0.717, 1.165) is 32.5 Å². The Morgan fingerprint density at radius 2 is 1.72 bits per heavy atom. The first-order chi connectivity index (χ1) is 12.0. The predicted molar refractivity (Wildman–Crippen MR) is 102 cm³/mol. The number of piperidine rings is 2. The Kier molecular flexibility index (Phi) is 6.13. The Morgan fingerprint density at radius 1 is 1.04 bits per heavy atom. The molecule has 1 atom stereocenters. The molecule has 3 rings (SSSR count). The molecule has 1 aromatic rings. The highest BCUT2D eigenvalue weighted by molar-refractivity contribution is 5.73. The van der Waals surface area contributed by atoms with Gasteiger partial charge in [-0.2, -0.15) is 0 Å². The second-order valence-electron chi connectivity index (χ2n) is 7.97. The molecule has 0 aromatic heterocycles. The van der Waals surface area contributed by atoms with Gasteiger partial charge in [-0.3, -0.25) is 9.69 Å². The van der Waals surface area contributed by atoms with Gasteiger partial charge in [0.05, 0.1) is 0 Å². The van der Waals surface area contributed by atoms with Crippen LogP contribution in [0.25, 0.3) is 0 Å². The number of benzene rings is 1. The van der Waals surface area contributed by atoms with Gasteiger partial charge in [-0.15, -0.1) is 0 Å². The van der Waals surface area contributed by atoms with Gasteiger partial charge < -0.3 is 9.80 Å². The summed E-state index contributed by atoms with van der Waals surface area (Å²) in [6.45, 7) is 5.74. The quantitative estimate of drug-likeness (QED) is 0.839. The van der Waals surface area contributed by atoms with Gasteiger partial charge in [0, 0.05) is 38.6 Å². The van der Waals surface area contributed by atoms with E-state index >= 15 is 0 Å². The van der Waals surface area contributed by atoms with Crippen LogP contribution in [-0.4, -0.2) is 60.4 Å². The van der Waals surface area contributed by atoms with Crippen molar-refractivity contribution in [2.75, 3.05) is 33.7 Å². The molecule has 2 saturated heterocycles. The first kappa shape index (κ1) is 18.4. The lowest BCUT2D eigenvalue weighted by molar-refractivity contribution is -0.130. The molecule has 0 spiro atoms. The third-order valence-electron chi connectivity index (χ3n) is 5.79. The fourth-order valence-corrected chi connectivity index (χ4v) is 4.47. The minimum Gasteiger partial charge on any atom is -0.343 e. The van der Waals surface area contributed by atoms with Crippen molar-refractivity contribution in [1.82, 2.24) is 14.7 Å². The van der Waals surface area contributed by atoms with E-state index in [0.29, 0.717) is 12.1 Å². The maximum absolute atomic E-state index is 11.6. The first-order valence-corrected chi connectivity index (χ1v) is 9.79. The van der Waals surface area contributed by atoms with Crippen LogP contribution in [0.4, 0.5) is 0 Å². The normalized spacial score (nSPS) is 23.2. The van der Waals surface area contributed by atoms with E-state index in [2.05, 4.69) is 48.2 Å². The fraction of sp³-hybridized carbons (Fsp3) is 0.667. The summed E-state index contributed by atoms with van der Waals surface area (Å²) in [6.07, 6.45) is 6.14. The van der Waals surface area contributed by atoms with Crippen molar-refractivity contribution in [3.8, 4) is 0 Å². The van der Waals surface area contributed by atoms with Gasteiger partial charge >= 0.3 is 0 Å². The number of likely N-dealkylation sites (tertiary alicyclic amines) is 2. The van der Waals surface area contributed by atoms with Gasteiger partial charge in [-0.25, -0.2) is 0 Å². The van der Waals surface area contributed by atoms with Gasteiger partial charge in [0.2, 0.25) is 5.91 Å². The van der Waals surface area contributed by atoms with Gasteiger partial charge in [0.15, 0.2) is 0 Å². The third kappa shape index (κ3) is 4.62. The van der Waals surface area contributed by atoms with Crippen molar-refractivity contribution in [3.63, 3.8) is 0 Å². The van der Waals surface area contributed by atoms with E-state index in [-0.39, 0.29) is 5.91 Å². The van der Waals surface area contributed by atoms with Crippen molar-refractivity contribution in [3.05, 3.63) is 35.4 Å². The second-order valence-corrected chi connectivity index (χ2v) is 7.97. The lowest BCUT2D eigenvalue weighted by Crippen LogP contribution is -2.48. The number of hydrogen-bond acceptors (Lipinski definition) is 3. The zero-order valence-corrected chi connectivity index (χ0v) is 16.1.